The minimum atomic E-state index is -0.223. The number of hydrogen-bond acceptors (Lipinski definition) is 3. The monoisotopic (exact) mass is 380 g/mol. The fourth-order valence-electron chi connectivity index (χ4n) is 2.60. The Morgan fingerprint density at radius 2 is 1.79 bits per heavy atom. The largest absolute Gasteiger partial charge is 0.370 e. The van der Waals surface area contributed by atoms with Gasteiger partial charge in [-0.05, 0) is 29.8 Å². The molecule has 2 aromatic carbocycles. The summed E-state index contributed by atoms with van der Waals surface area (Å²) in [6, 6.07) is 13.4. The molecule has 1 amide bonds. The molecule has 1 fully saturated rings. The highest BCUT2D eigenvalue weighted by molar-refractivity contribution is 7.99. The van der Waals surface area contributed by atoms with Crippen molar-refractivity contribution in [2.24, 2.45) is 0 Å². The molecule has 0 bridgehead atoms. The van der Waals surface area contributed by atoms with Crippen LogP contribution >= 0.6 is 35.0 Å². The number of carbonyl (C=O) groups excluding carboxylic acids is 1. The molecule has 126 valence electrons. The molecule has 6 heteroatoms. The highest BCUT2D eigenvalue weighted by Crippen LogP contribution is 2.25. The third-order valence-corrected chi connectivity index (χ3v) is 5.72. The molecular formula is C18H18Cl2N2OS. The Morgan fingerprint density at radius 3 is 2.50 bits per heavy atom. The first-order valence-corrected chi connectivity index (χ1v) is 9.70. The van der Waals surface area contributed by atoms with Crippen molar-refractivity contribution in [3.05, 3.63) is 63.6 Å². The lowest BCUT2D eigenvalue weighted by atomic mass is 10.1. The fraction of sp³-hybridized carbons (Fsp3) is 0.278. The van der Waals surface area contributed by atoms with Crippen molar-refractivity contribution in [1.82, 2.24) is 5.32 Å². The van der Waals surface area contributed by atoms with E-state index in [1.807, 2.05) is 11.8 Å². The summed E-state index contributed by atoms with van der Waals surface area (Å²) >= 11 is 14.0. The molecule has 0 unspecified atom stereocenters. The van der Waals surface area contributed by atoms with Crippen molar-refractivity contribution in [2.75, 3.05) is 29.5 Å². The van der Waals surface area contributed by atoms with Gasteiger partial charge in [-0.25, -0.2) is 0 Å². The first kappa shape index (κ1) is 17.5. The highest BCUT2D eigenvalue weighted by atomic mass is 35.5. The van der Waals surface area contributed by atoms with Crippen molar-refractivity contribution in [2.45, 2.75) is 6.54 Å². The number of halogens is 2. The molecule has 2 aromatic rings. The molecule has 1 saturated heterocycles. The number of nitrogens with one attached hydrogen (secondary N) is 1. The Bertz CT molecular complexity index is 715. The lowest BCUT2D eigenvalue weighted by Crippen LogP contribution is -2.32. The first-order chi connectivity index (χ1) is 11.6. The van der Waals surface area contributed by atoms with E-state index in [1.165, 1.54) is 17.2 Å². The summed E-state index contributed by atoms with van der Waals surface area (Å²) < 4.78 is 0. The van der Waals surface area contributed by atoms with Crippen LogP contribution in [0.15, 0.2) is 42.5 Å². The van der Waals surface area contributed by atoms with E-state index in [2.05, 4.69) is 34.5 Å². The van der Waals surface area contributed by atoms with Crippen molar-refractivity contribution < 1.29 is 4.79 Å². The van der Waals surface area contributed by atoms with Gasteiger partial charge in [0, 0.05) is 36.8 Å². The van der Waals surface area contributed by atoms with E-state index in [1.54, 1.807) is 18.2 Å². The average Bonchev–Trinajstić information content (AvgIpc) is 2.63. The molecule has 0 saturated carbocycles. The number of rotatable bonds is 4. The molecule has 24 heavy (non-hydrogen) atoms. The third-order valence-electron chi connectivity index (χ3n) is 3.96. The normalized spacial score (nSPS) is 14.5. The Hall–Kier alpha value is -1.36. The van der Waals surface area contributed by atoms with Gasteiger partial charge in [-0.3, -0.25) is 4.79 Å². The number of carbonyl (C=O) groups is 1. The second-order valence-corrected chi connectivity index (χ2v) is 7.56. The summed E-state index contributed by atoms with van der Waals surface area (Å²) in [6.45, 7) is 2.64. The molecule has 0 atom stereocenters. The predicted molar refractivity (Wildman–Crippen MR) is 104 cm³/mol. The number of nitrogens with zero attached hydrogens (tertiary/aromatic N) is 1. The second kappa shape index (κ2) is 8.15. The first-order valence-electron chi connectivity index (χ1n) is 7.79. The number of benzene rings is 2. The quantitative estimate of drug-likeness (QED) is 0.848. The van der Waals surface area contributed by atoms with E-state index in [-0.39, 0.29) is 10.9 Å². The second-order valence-electron chi connectivity index (χ2n) is 5.55. The maximum atomic E-state index is 12.2. The summed E-state index contributed by atoms with van der Waals surface area (Å²) in [5.41, 5.74) is 2.69. The van der Waals surface area contributed by atoms with Gasteiger partial charge in [0.25, 0.3) is 5.91 Å². The van der Waals surface area contributed by atoms with Crippen LogP contribution in [0.4, 0.5) is 5.69 Å². The molecular weight excluding hydrogens is 363 g/mol. The van der Waals surface area contributed by atoms with E-state index >= 15 is 0 Å². The van der Waals surface area contributed by atoms with E-state index in [0.29, 0.717) is 17.1 Å². The molecule has 1 aliphatic heterocycles. The minimum Gasteiger partial charge on any atom is -0.370 e. The SMILES string of the molecule is O=C(NCc1ccc(N2CCSCC2)cc1)c1cccc(Cl)c1Cl. The average molecular weight is 381 g/mol. The van der Waals surface area contributed by atoms with Gasteiger partial charge in [-0.1, -0.05) is 41.4 Å². The van der Waals surface area contributed by atoms with Crippen LogP contribution in [0, 0.1) is 0 Å². The smallest absolute Gasteiger partial charge is 0.253 e. The lowest BCUT2D eigenvalue weighted by Gasteiger charge is -2.28. The van der Waals surface area contributed by atoms with E-state index in [0.717, 1.165) is 18.7 Å². The Labute approximate surface area is 156 Å². The number of amides is 1. The van der Waals surface area contributed by atoms with Gasteiger partial charge in [-0.2, -0.15) is 11.8 Å². The molecule has 1 aliphatic rings. The minimum absolute atomic E-state index is 0.223. The number of thioether (sulfide) groups is 1. The van der Waals surface area contributed by atoms with Crippen LogP contribution in [0.5, 0.6) is 0 Å². The topological polar surface area (TPSA) is 32.3 Å². The Balaban J connectivity index is 1.60. The third kappa shape index (κ3) is 4.18. The van der Waals surface area contributed by atoms with Gasteiger partial charge >= 0.3 is 0 Å². The van der Waals surface area contributed by atoms with Crippen molar-refractivity contribution in [3.63, 3.8) is 0 Å². The number of anilines is 1. The van der Waals surface area contributed by atoms with Crippen LogP contribution < -0.4 is 10.2 Å². The highest BCUT2D eigenvalue weighted by Gasteiger charge is 2.13. The predicted octanol–water partition coefficient (Wildman–Crippen LogP) is 4.48. The fourth-order valence-corrected chi connectivity index (χ4v) is 3.89. The zero-order valence-electron chi connectivity index (χ0n) is 13.1. The van der Waals surface area contributed by atoms with Crippen LogP contribution in [0.25, 0.3) is 0 Å². The van der Waals surface area contributed by atoms with Gasteiger partial charge in [0.1, 0.15) is 0 Å². The molecule has 3 rings (SSSR count). The zero-order chi connectivity index (χ0) is 16.9. The van der Waals surface area contributed by atoms with Gasteiger partial charge < -0.3 is 10.2 Å². The van der Waals surface area contributed by atoms with Crippen LogP contribution in [-0.4, -0.2) is 30.5 Å². The van der Waals surface area contributed by atoms with Crippen LogP contribution in [0.1, 0.15) is 15.9 Å². The van der Waals surface area contributed by atoms with E-state index in [4.69, 9.17) is 23.2 Å². The van der Waals surface area contributed by atoms with Crippen molar-refractivity contribution in [1.29, 1.82) is 0 Å². The van der Waals surface area contributed by atoms with Crippen LogP contribution in [-0.2, 0) is 6.54 Å². The van der Waals surface area contributed by atoms with Crippen LogP contribution in [0.2, 0.25) is 10.0 Å². The molecule has 1 heterocycles. The Morgan fingerprint density at radius 1 is 1.08 bits per heavy atom. The van der Waals surface area contributed by atoms with Gasteiger partial charge in [0.05, 0.1) is 15.6 Å². The van der Waals surface area contributed by atoms with Gasteiger partial charge in [-0.15, -0.1) is 0 Å². The summed E-state index contributed by atoms with van der Waals surface area (Å²) in [5, 5.41) is 3.55. The van der Waals surface area contributed by atoms with Crippen molar-refractivity contribution in [3.8, 4) is 0 Å². The van der Waals surface area contributed by atoms with E-state index in [9.17, 15) is 4.79 Å². The maximum Gasteiger partial charge on any atom is 0.253 e. The van der Waals surface area contributed by atoms with E-state index < -0.39 is 0 Å². The Kier molecular flexibility index (Phi) is 5.93. The summed E-state index contributed by atoms with van der Waals surface area (Å²) in [5.74, 6) is 2.13. The molecule has 1 N–H and O–H groups in total. The number of hydrogen-bond donors (Lipinski definition) is 1. The summed E-state index contributed by atoms with van der Waals surface area (Å²) in [6.07, 6.45) is 0. The molecule has 0 spiro atoms. The summed E-state index contributed by atoms with van der Waals surface area (Å²) in [7, 11) is 0. The molecule has 0 aliphatic carbocycles. The lowest BCUT2D eigenvalue weighted by molar-refractivity contribution is 0.0951. The van der Waals surface area contributed by atoms with Crippen molar-refractivity contribution >= 4 is 46.6 Å². The molecule has 0 aromatic heterocycles. The van der Waals surface area contributed by atoms with Gasteiger partial charge in [0.2, 0.25) is 0 Å². The molecule has 0 radical (unpaired) electrons. The van der Waals surface area contributed by atoms with Crippen LogP contribution in [0.3, 0.4) is 0 Å². The van der Waals surface area contributed by atoms with Gasteiger partial charge in [0.15, 0.2) is 0 Å². The zero-order valence-corrected chi connectivity index (χ0v) is 15.4. The summed E-state index contributed by atoms with van der Waals surface area (Å²) in [4.78, 5) is 14.6. The molecule has 3 nitrogen and oxygen atoms in total. The standard InChI is InChI=1S/C18H18Cl2N2OS/c19-16-3-1-2-15(17(16)20)18(23)21-12-13-4-6-14(7-5-13)22-8-10-24-11-9-22/h1-7H,8-12H2,(H,21,23). The maximum absolute atomic E-state index is 12.2.